The molecule has 0 saturated heterocycles. The van der Waals surface area contributed by atoms with Crippen molar-refractivity contribution in [3.63, 3.8) is 0 Å². The van der Waals surface area contributed by atoms with Crippen LogP contribution in [0.25, 0.3) is 0 Å². The highest BCUT2D eigenvalue weighted by molar-refractivity contribution is 7.99. The Labute approximate surface area is 117 Å². The third kappa shape index (κ3) is 3.73. The van der Waals surface area contributed by atoms with Crippen molar-refractivity contribution < 1.29 is 0 Å². The molecule has 2 rings (SSSR count). The van der Waals surface area contributed by atoms with Crippen LogP contribution >= 0.6 is 23.4 Å². The average molecular weight is 279 g/mol. The van der Waals surface area contributed by atoms with Crippen LogP contribution in [0.3, 0.4) is 0 Å². The fraction of sp³-hybridized carbons (Fsp3) is 0.214. The molecule has 0 bridgehead atoms. The second-order valence-corrected chi connectivity index (χ2v) is 5.43. The molecule has 1 N–H and O–H groups in total. The van der Waals surface area contributed by atoms with Crippen molar-refractivity contribution in [1.82, 2.24) is 10.3 Å². The molecule has 1 aromatic carbocycles. The highest BCUT2D eigenvalue weighted by Crippen LogP contribution is 2.26. The fourth-order valence-electron chi connectivity index (χ4n) is 1.66. The van der Waals surface area contributed by atoms with Crippen molar-refractivity contribution in [1.29, 1.82) is 0 Å². The average Bonchev–Trinajstić information content (AvgIpc) is 2.41. The first kappa shape index (κ1) is 13.4. The number of rotatable bonds is 5. The van der Waals surface area contributed by atoms with Crippen molar-refractivity contribution in [3.8, 4) is 0 Å². The van der Waals surface area contributed by atoms with Gasteiger partial charge in [-0.15, -0.1) is 11.8 Å². The predicted molar refractivity (Wildman–Crippen MR) is 78.2 cm³/mol. The van der Waals surface area contributed by atoms with Gasteiger partial charge in [0.1, 0.15) is 0 Å². The minimum Gasteiger partial charge on any atom is -0.312 e. The molecule has 2 aromatic rings. The second-order valence-electron chi connectivity index (χ2n) is 3.90. The summed E-state index contributed by atoms with van der Waals surface area (Å²) in [5.74, 6) is 0.947. The summed E-state index contributed by atoms with van der Waals surface area (Å²) >= 11 is 7.76. The first-order valence-electron chi connectivity index (χ1n) is 5.75. The molecule has 1 heterocycles. The van der Waals surface area contributed by atoms with Gasteiger partial charge >= 0.3 is 0 Å². The van der Waals surface area contributed by atoms with Gasteiger partial charge in [-0.1, -0.05) is 23.7 Å². The highest BCUT2D eigenvalue weighted by atomic mass is 35.5. The second kappa shape index (κ2) is 6.78. The van der Waals surface area contributed by atoms with Crippen molar-refractivity contribution in [2.75, 3.05) is 12.8 Å². The molecule has 94 valence electrons. The molecule has 1 unspecified atom stereocenters. The maximum Gasteiger partial charge on any atom is 0.0428 e. The molecule has 0 amide bonds. The van der Waals surface area contributed by atoms with Gasteiger partial charge < -0.3 is 5.32 Å². The van der Waals surface area contributed by atoms with Crippen LogP contribution < -0.4 is 5.32 Å². The van der Waals surface area contributed by atoms with E-state index in [9.17, 15) is 0 Å². The summed E-state index contributed by atoms with van der Waals surface area (Å²) in [5.41, 5.74) is 1.20. The molecule has 0 aliphatic carbocycles. The lowest BCUT2D eigenvalue weighted by molar-refractivity contribution is 0.659. The molecule has 1 aromatic heterocycles. The van der Waals surface area contributed by atoms with E-state index in [0.29, 0.717) is 6.04 Å². The SMILES string of the molecule is CNC(CSc1cccc(Cl)c1)c1cccnc1. The topological polar surface area (TPSA) is 24.9 Å². The number of halogens is 1. The number of hydrogen-bond acceptors (Lipinski definition) is 3. The summed E-state index contributed by atoms with van der Waals surface area (Å²) in [6, 6.07) is 12.3. The van der Waals surface area contributed by atoms with Crippen molar-refractivity contribution >= 4 is 23.4 Å². The number of nitrogens with zero attached hydrogens (tertiary/aromatic N) is 1. The smallest absolute Gasteiger partial charge is 0.0428 e. The Bertz CT molecular complexity index is 490. The Morgan fingerprint density at radius 3 is 2.89 bits per heavy atom. The first-order valence-corrected chi connectivity index (χ1v) is 7.11. The number of thioether (sulfide) groups is 1. The number of hydrogen-bond donors (Lipinski definition) is 1. The largest absolute Gasteiger partial charge is 0.312 e. The Balaban J connectivity index is 2.00. The summed E-state index contributed by atoms with van der Waals surface area (Å²) < 4.78 is 0. The lowest BCUT2D eigenvalue weighted by Crippen LogP contribution is -2.18. The molecule has 0 fully saturated rings. The minimum atomic E-state index is 0.294. The van der Waals surface area contributed by atoms with E-state index in [-0.39, 0.29) is 0 Å². The van der Waals surface area contributed by atoms with Crippen LogP contribution in [0.1, 0.15) is 11.6 Å². The van der Waals surface area contributed by atoms with E-state index in [1.165, 1.54) is 10.5 Å². The molecular weight excluding hydrogens is 264 g/mol. The van der Waals surface area contributed by atoms with Crippen LogP contribution in [-0.2, 0) is 0 Å². The lowest BCUT2D eigenvalue weighted by Gasteiger charge is -2.15. The normalized spacial score (nSPS) is 12.3. The molecule has 18 heavy (non-hydrogen) atoms. The van der Waals surface area contributed by atoms with Gasteiger partial charge in [0.2, 0.25) is 0 Å². The lowest BCUT2D eigenvalue weighted by atomic mass is 10.1. The van der Waals surface area contributed by atoms with E-state index in [0.717, 1.165) is 10.8 Å². The number of benzene rings is 1. The number of aromatic nitrogens is 1. The summed E-state index contributed by atoms with van der Waals surface area (Å²) in [4.78, 5) is 5.34. The zero-order chi connectivity index (χ0) is 12.8. The van der Waals surface area contributed by atoms with Crippen LogP contribution in [-0.4, -0.2) is 17.8 Å². The van der Waals surface area contributed by atoms with Gasteiger partial charge in [-0.25, -0.2) is 0 Å². The Kier molecular flexibility index (Phi) is 5.05. The number of nitrogens with one attached hydrogen (secondary N) is 1. The zero-order valence-electron chi connectivity index (χ0n) is 10.1. The van der Waals surface area contributed by atoms with E-state index in [2.05, 4.69) is 22.4 Å². The molecule has 2 nitrogen and oxygen atoms in total. The van der Waals surface area contributed by atoms with Crippen LogP contribution in [0.2, 0.25) is 5.02 Å². The van der Waals surface area contributed by atoms with Crippen LogP contribution in [0, 0.1) is 0 Å². The summed E-state index contributed by atoms with van der Waals surface area (Å²) in [7, 11) is 1.97. The zero-order valence-corrected chi connectivity index (χ0v) is 11.7. The molecule has 1 atom stereocenters. The maximum atomic E-state index is 5.97. The van der Waals surface area contributed by atoms with Gasteiger partial charge in [0.15, 0.2) is 0 Å². The molecule has 0 aliphatic heterocycles. The Morgan fingerprint density at radius 2 is 2.22 bits per heavy atom. The van der Waals surface area contributed by atoms with Crippen LogP contribution in [0.15, 0.2) is 53.7 Å². The van der Waals surface area contributed by atoms with Gasteiger partial charge in [-0.3, -0.25) is 4.98 Å². The van der Waals surface area contributed by atoms with Crippen molar-refractivity contribution in [2.24, 2.45) is 0 Å². The van der Waals surface area contributed by atoms with Gasteiger partial charge in [-0.05, 0) is 36.9 Å². The predicted octanol–water partition coefficient (Wildman–Crippen LogP) is 3.79. The Hall–Kier alpha value is -1.03. The van der Waals surface area contributed by atoms with E-state index in [1.54, 1.807) is 18.0 Å². The molecule has 4 heteroatoms. The van der Waals surface area contributed by atoms with Gasteiger partial charge in [0, 0.05) is 34.1 Å². The number of pyridine rings is 1. The first-order chi connectivity index (χ1) is 8.79. The van der Waals surface area contributed by atoms with Gasteiger partial charge in [0.05, 0.1) is 0 Å². The van der Waals surface area contributed by atoms with Gasteiger partial charge in [0.25, 0.3) is 0 Å². The van der Waals surface area contributed by atoms with Crippen molar-refractivity contribution in [2.45, 2.75) is 10.9 Å². The summed E-state index contributed by atoms with van der Waals surface area (Å²) in [6.45, 7) is 0. The van der Waals surface area contributed by atoms with Crippen molar-refractivity contribution in [3.05, 3.63) is 59.4 Å². The van der Waals surface area contributed by atoms with E-state index in [4.69, 9.17) is 11.6 Å². The van der Waals surface area contributed by atoms with E-state index in [1.807, 2.05) is 37.5 Å². The van der Waals surface area contributed by atoms with Gasteiger partial charge in [-0.2, -0.15) is 0 Å². The third-order valence-corrected chi connectivity index (χ3v) is 3.97. The summed E-state index contributed by atoms with van der Waals surface area (Å²) in [5, 5.41) is 4.09. The van der Waals surface area contributed by atoms with E-state index < -0.39 is 0 Å². The molecule has 0 spiro atoms. The van der Waals surface area contributed by atoms with E-state index >= 15 is 0 Å². The highest BCUT2D eigenvalue weighted by Gasteiger charge is 2.09. The maximum absolute atomic E-state index is 5.97. The molecule has 0 radical (unpaired) electrons. The molecule has 0 saturated carbocycles. The molecule has 0 aliphatic rings. The summed E-state index contributed by atoms with van der Waals surface area (Å²) in [6.07, 6.45) is 3.69. The van der Waals surface area contributed by atoms with Crippen LogP contribution in [0.4, 0.5) is 0 Å². The monoisotopic (exact) mass is 278 g/mol. The minimum absolute atomic E-state index is 0.294. The van der Waals surface area contributed by atoms with Crippen LogP contribution in [0.5, 0.6) is 0 Å². The standard InChI is InChI=1S/C14H15ClN2S/c1-16-14(11-4-3-7-17-9-11)10-18-13-6-2-5-12(15)8-13/h2-9,14,16H,10H2,1H3. The quantitative estimate of drug-likeness (QED) is 0.843. The molecular formula is C14H15ClN2S. The third-order valence-electron chi connectivity index (χ3n) is 2.65. The fourth-order valence-corrected chi connectivity index (χ4v) is 3.02. The Morgan fingerprint density at radius 1 is 1.33 bits per heavy atom.